The third-order valence-electron chi connectivity index (χ3n) is 5.49. The Bertz CT molecular complexity index is 1070. The van der Waals surface area contributed by atoms with Crippen LogP contribution >= 0.6 is 24.0 Å². The van der Waals surface area contributed by atoms with E-state index in [1.165, 1.54) is 22.0 Å². The molecule has 0 spiro atoms. The molecule has 0 radical (unpaired) electrons. The van der Waals surface area contributed by atoms with E-state index in [2.05, 4.69) is 83.7 Å². The van der Waals surface area contributed by atoms with Gasteiger partial charge in [-0.25, -0.2) is 0 Å². The molecule has 1 N–H and O–H groups in total. The molecule has 1 unspecified atom stereocenters. The van der Waals surface area contributed by atoms with Crippen LogP contribution in [0.2, 0.25) is 5.02 Å². The van der Waals surface area contributed by atoms with Crippen molar-refractivity contribution in [3.8, 4) is 0 Å². The van der Waals surface area contributed by atoms with E-state index in [1.54, 1.807) is 0 Å². The highest BCUT2D eigenvalue weighted by Crippen LogP contribution is 2.26. The molecule has 2 nitrogen and oxygen atoms in total. The Morgan fingerprint density at radius 2 is 1.57 bits per heavy atom. The molecule has 0 saturated carbocycles. The van der Waals surface area contributed by atoms with Crippen molar-refractivity contribution in [2.45, 2.75) is 38.9 Å². The zero-order chi connectivity index (χ0) is 20.1. The molecule has 0 aliphatic rings. The number of para-hydroxylation sites is 1. The molecule has 0 bridgehead atoms. The lowest BCUT2D eigenvalue weighted by molar-refractivity contribution is 0.494. The fourth-order valence-corrected chi connectivity index (χ4v) is 4.19. The zero-order valence-electron chi connectivity index (χ0n) is 17.2. The summed E-state index contributed by atoms with van der Waals surface area (Å²) in [5.41, 5.74) is 5.07. The molecule has 1 atom stereocenters. The van der Waals surface area contributed by atoms with Crippen LogP contribution in [-0.2, 0) is 13.1 Å². The predicted octanol–water partition coefficient (Wildman–Crippen LogP) is 7.40. The van der Waals surface area contributed by atoms with E-state index in [-0.39, 0.29) is 12.4 Å². The number of rotatable bonds is 8. The van der Waals surface area contributed by atoms with E-state index in [4.69, 9.17) is 11.6 Å². The summed E-state index contributed by atoms with van der Waals surface area (Å²) in [4.78, 5) is 0. The van der Waals surface area contributed by atoms with Gasteiger partial charge in [0.2, 0.25) is 0 Å². The lowest BCUT2D eigenvalue weighted by Crippen LogP contribution is -2.20. The molecular weight excluding hydrogens is 411 g/mol. The van der Waals surface area contributed by atoms with Crippen LogP contribution in [0.15, 0.2) is 85.1 Å². The van der Waals surface area contributed by atoms with Crippen molar-refractivity contribution in [1.82, 2.24) is 9.88 Å². The minimum Gasteiger partial charge on any atom is -0.343 e. The van der Waals surface area contributed by atoms with Gasteiger partial charge in [-0.05, 0) is 35.2 Å². The molecular formula is C26H28Cl2N2. The molecule has 0 saturated heterocycles. The van der Waals surface area contributed by atoms with Crippen LogP contribution in [0.1, 0.15) is 42.5 Å². The Labute approximate surface area is 190 Å². The van der Waals surface area contributed by atoms with E-state index in [1.807, 2.05) is 18.2 Å². The number of nitrogens with one attached hydrogen (secondary N) is 1. The Morgan fingerprint density at radius 3 is 2.33 bits per heavy atom. The molecule has 4 rings (SSSR count). The van der Waals surface area contributed by atoms with E-state index in [0.29, 0.717) is 6.04 Å². The Morgan fingerprint density at radius 1 is 0.867 bits per heavy atom. The Hall–Kier alpha value is -2.26. The Balaban J connectivity index is 0.00000256. The van der Waals surface area contributed by atoms with Gasteiger partial charge in [-0.15, -0.1) is 12.4 Å². The molecule has 0 amide bonds. The maximum atomic E-state index is 6.41. The largest absolute Gasteiger partial charge is 0.343 e. The maximum absolute atomic E-state index is 6.41. The molecule has 3 aromatic carbocycles. The second-order valence-corrected chi connectivity index (χ2v) is 7.93. The second kappa shape index (κ2) is 10.7. The van der Waals surface area contributed by atoms with Crippen LogP contribution in [-0.4, -0.2) is 4.57 Å². The fraction of sp³-hybridized carbons (Fsp3) is 0.231. The molecule has 4 aromatic rings. The molecule has 30 heavy (non-hydrogen) atoms. The second-order valence-electron chi connectivity index (χ2n) is 7.52. The Kier molecular flexibility index (Phi) is 7.98. The van der Waals surface area contributed by atoms with Gasteiger partial charge >= 0.3 is 0 Å². The summed E-state index contributed by atoms with van der Waals surface area (Å²) in [6, 6.07) is 27.8. The van der Waals surface area contributed by atoms with Crippen molar-refractivity contribution in [3.63, 3.8) is 0 Å². The molecule has 0 aliphatic carbocycles. The van der Waals surface area contributed by atoms with Crippen LogP contribution in [0.3, 0.4) is 0 Å². The number of halogens is 2. The highest BCUT2D eigenvalue weighted by Gasteiger charge is 2.13. The van der Waals surface area contributed by atoms with Crippen molar-refractivity contribution < 1.29 is 0 Å². The van der Waals surface area contributed by atoms with Crippen LogP contribution in [0.25, 0.3) is 10.9 Å². The lowest BCUT2D eigenvalue weighted by Gasteiger charge is -2.18. The number of aromatic nitrogens is 1. The van der Waals surface area contributed by atoms with Gasteiger partial charge in [-0.2, -0.15) is 0 Å². The first-order chi connectivity index (χ1) is 14.3. The predicted molar refractivity (Wildman–Crippen MR) is 131 cm³/mol. The van der Waals surface area contributed by atoms with Crippen molar-refractivity contribution >= 4 is 34.9 Å². The number of nitrogens with zero attached hydrogens (tertiary/aromatic N) is 1. The van der Waals surface area contributed by atoms with Crippen molar-refractivity contribution in [1.29, 1.82) is 0 Å². The summed E-state index contributed by atoms with van der Waals surface area (Å²) in [5, 5.41) is 5.91. The first-order valence-electron chi connectivity index (χ1n) is 10.3. The summed E-state index contributed by atoms with van der Waals surface area (Å²) >= 11 is 6.41. The van der Waals surface area contributed by atoms with Gasteiger partial charge in [0.15, 0.2) is 0 Å². The van der Waals surface area contributed by atoms with Gasteiger partial charge in [0.05, 0.1) is 0 Å². The summed E-state index contributed by atoms with van der Waals surface area (Å²) in [6.07, 6.45) is 4.55. The average molecular weight is 439 g/mol. The van der Waals surface area contributed by atoms with E-state index in [0.717, 1.165) is 36.5 Å². The first kappa shape index (κ1) is 22.4. The molecule has 0 fully saturated rings. The molecule has 156 valence electrons. The smallest absolute Gasteiger partial charge is 0.0491 e. The minimum atomic E-state index is 0. The summed E-state index contributed by atoms with van der Waals surface area (Å²) in [6.45, 7) is 3.86. The normalized spacial score (nSPS) is 11.9. The summed E-state index contributed by atoms with van der Waals surface area (Å²) in [7, 11) is 0. The zero-order valence-corrected chi connectivity index (χ0v) is 18.8. The summed E-state index contributed by atoms with van der Waals surface area (Å²) < 4.78 is 2.31. The number of benzene rings is 3. The fourth-order valence-electron chi connectivity index (χ4n) is 4.00. The van der Waals surface area contributed by atoms with Crippen LogP contribution in [0.5, 0.6) is 0 Å². The van der Waals surface area contributed by atoms with Crippen molar-refractivity contribution in [2.24, 2.45) is 0 Å². The number of fused-ring (bicyclic) bond motifs is 1. The van der Waals surface area contributed by atoms with Crippen molar-refractivity contribution in [3.05, 3.63) is 107 Å². The standard InChI is InChI=1S/C26H27ClN2.ClH/c1-2-10-25(20-11-4-3-5-12-20)28-17-22-19-29(26-16-9-7-14-23(22)26)18-21-13-6-8-15-24(21)27;/h3-9,11-16,19,25,28H,2,10,17-18H2,1H3;1H. The first-order valence-corrected chi connectivity index (χ1v) is 10.7. The third kappa shape index (κ3) is 5.07. The summed E-state index contributed by atoms with van der Waals surface area (Å²) in [5.74, 6) is 0. The SMILES string of the molecule is CCCC(NCc1cn(Cc2ccccc2Cl)c2ccccc12)c1ccccc1.Cl. The molecule has 0 aliphatic heterocycles. The topological polar surface area (TPSA) is 17.0 Å². The van der Waals surface area contributed by atoms with Gasteiger partial charge in [0.25, 0.3) is 0 Å². The highest BCUT2D eigenvalue weighted by atomic mass is 35.5. The van der Waals surface area contributed by atoms with Gasteiger partial charge in [-0.1, -0.05) is 91.7 Å². The van der Waals surface area contributed by atoms with Crippen LogP contribution in [0.4, 0.5) is 0 Å². The quantitative estimate of drug-likeness (QED) is 0.303. The third-order valence-corrected chi connectivity index (χ3v) is 5.86. The monoisotopic (exact) mass is 438 g/mol. The maximum Gasteiger partial charge on any atom is 0.0491 e. The van der Waals surface area contributed by atoms with Gasteiger partial charge in [0, 0.05) is 41.3 Å². The van der Waals surface area contributed by atoms with Crippen molar-refractivity contribution in [2.75, 3.05) is 0 Å². The minimum absolute atomic E-state index is 0. The molecule has 4 heteroatoms. The van der Waals surface area contributed by atoms with Gasteiger partial charge in [0.1, 0.15) is 0 Å². The highest BCUT2D eigenvalue weighted by molar-refractivity contribution is 6.31. The van der Waals surface area contributed by atoms with Crippen LogP contribution in [0, 0.1) is 0 Å². The van der Waals surface area contributed by atoms with E-state index < -0.39 is 0 Å². The number of hydrogen-bond acceptors (Lipinski definition) is 1. The van der Waals surface area contributed by atoms with Crippen LogP contribution < -0.4 is 5.32 Å². The number of hydrogen-bond donors (Lipinski definition) is 1. The van der Waals surface area contributed by atoms with Gasteiger partial charge < -0.3 is 9.88 Å². The molecule has 1 aromatic heterocycles. The average Bonchev–Trinajstić information content (AvgIpc) is 3.11. The van der Waals surface area contributed by atoms with E-state index >= 15 is 0 Å². The molecule has 1 heterocycles. The lowest BCUT2D eigenvalue weighted by atomic mass is 10.0. The van der Waals surface area contributed by atoms with E-state index in [9.17, 15) is 0 Å². The van der Waals surface area contributed by atoms with Gasteiger partial charge in [-0.3, -0.25) is 0 Å².